The maximum Gasteiger partial charge on any atom is 0.251 e. The number of anilines is 1. The third-order valence-electron chi connectivity index (χ3n) is 4.48. The summed E-state index contributed by atoms with van der Waals surface area (Å²) in [4.78, 5) is 23.0. The molecule has 0 bridgehead atoms. The molecule has 31 heavy (non-hydrogen) atoms. The Morgan fingerprint density at radius 2 is 1.68 bits per heavy atom. The van der Waals surface area contributed by atoms with Crippen LogP contribution in [-0.2, 0) is 22.5 Å². The Hall–Kier alpha value is -2.13. The van der Waals surface area contributed by atoms with E-state index in [1.807, 2.05) is 0 Å². The molecule has 2 aromatic rings. The number of nitrogens with one attached hydrogen (secondary N) is 2. The molecule has 0 heterocycles. The summed E-state index contributed by atoms with van der Waals surface area (Å²) in [6.07, 6.45) is 1.88. The molecule has 7 nitrogen and oxygen atoms in total. The van der Waals surface area contributed by atoms with Crippen LogP contribution in [0.15, 0.2) is 42.5 Å². The van der Waals surface area contributed by atoms with Gasteiger partial charge in [-0.05, 0) is 55.2 Å². The molecule has 168 valence electrons. The summed E-state index contributed by atoms with van der Waals surface area (Å²) in [7, 11) is 0. The molecule has 0 fully saturated rings. The van der Waals surface area contributed by atoms with Gasteiger partial charge in [-0.25, -0.2) is 0 Å². The van der Waals surface area contributed by atoms with Gasteiger partial charge in [0.1, 0.15) is 0 Å². The standard InChI is InChI=1S/C21H25Cl2N3O4S/c1-15(27)24-12-2-3-13-25-21(28)17-7-9-18(10-8-17)26(31(29)30)14-11-16-5-4-6-19(22)20(16)23/h4-10H,2-3,11-14H2,1H3,(H,24,27)(H,25,28)(H,29,30)/p-1. The van der Waals surface area contributed by atoms with Crippen LogP contribution in [0.2, 0.25) is 10.0 Å². The first-order valence-corrected chi connectivity index (χ1v) is 11.5. The van der Waals surface area contributed by atoms with E-state index in [9.17, 15) is 18.4 Å². The maximum atomic E-state index is 12.2. The molecule has 0 saturated carbocycles. The van der Waals surface area contributed by atoms with E-state index in [0.717, 1.165) is 18.4 Å². The summed E-state index contributed by atoms with van der Waals surface area (Å²) < 4.78 is 24.6. The van der Waals surface area contributed by atoms with Gasteiger partial charge in [0.2, 0.25) is 5.91 Å². The lowest BCUT2D eigenvalue weighted by molar-refractivity contribution is -0.118. The molecule has 2 rings (SSSR count). The van der Waals surface area contributed by atoms with Crippen molar-refractivity contribution in [3.63, 3.8) is 0 Å². The van der Waals surface area contributed by atoms with Crippen molar-refractivity contribution in [2.24, 2.45) is 0 Å². The monoisotopic (exact) mass is 484 g/mol. The lowest BCUT2D eigenvalue weighted by Crippen LogP contribution is -2.28. The van der Waals surface area contributed by atoms with Crippen LogP contribution in [0.4, 0.5) is 5.69 Å². The van der Waals surface area contributed by atoms with Crippen LogP contribution in [0, 0.1) is 0 Å². The molecule has 1 unspecified atom stereocenters. The third kappa shape index (κ3) is 8.14. The number of carbonyl (C=O) groups is 2. The molecule has 0 aromatic heterocycles. The zero-order valence-corrected chi connectivity index (χ0v) is 19.4. The molecule has 2 aromatic carbocycles. The van der Waals surface area contributed by atoms with E-state index in [4.69, 9.17) is 23.2 Å². The fourth-order valence-corrected chi connectivity index (χ4v) is 3.80. The molecule has 10 heteroatoms. The Kier molecular flexibility index (Phi) is 10.3. The minimum absolute atomic E-state index is 0.0761. The second-order valence-corrected chi connectivity index (χ2v) is 8.44. The van der Waals surface area contributed by atoms with Gasteiger partial charge in [-0.1, -0.05) is 35.3 Å². The van der Waals surface area contributed by atoms with Crippen LogP contribution in [-0.4, -0.2) is 40.2 Å². The summed E-state index contributed by atoms with van der Waals surface area (Å²) in [5, 5.41) is 6.32. The van der Waals surface area contributed by atoms with E-state index in [2.05, 4.69) is 10.6 Å². The van der Waals surface area contributed by atoms with E-state index in [-0.39, 0.29) is 18.4 Å². The Morgan fingerprint density at radius 3 is 2.29 bits per heavy atom. The zero-order chi connectivity index (χ0) is 22.8. The van der Waals surface area contributed by atoms with E-state index in [0.29, 0.717) is 40.8 Å². The van der Waals surface area contributed by atoms with Crippen molar-refractivity contribution < 1.29 is 18.4 Å². The van der Waals surface area contributed by atoms with Gasteiger partial charge in [0, 0.05) is 49.1 Å². The highest BCUT2D eigenvalue weighted by molar-refractivity contribution is 7.80. The van der Waals surface area contributed by atoms with Crippen LogP contribution < -0.4 is 14.9 Å². The van der Waals surface area contributed by atoms with Crippen LogP contribution >= 0.6 is 23.2 Å². The minimum Gasteiger partial charge on any atom is -0.755 e. The number of nitrogens with zero attached hydrogens (tertiary/aromatic N) is 1. The van der Waals surface area contributed by atoms with Gasteiger partial charge in [0.15, 0.2) is 0 Å². The first-order valence-electron chi connectivity index (χ1n) is 9.72. The van der Waals surface area contributed by atoms with Gasteiger partial charge in [-0.15, -0.1) is 0 Å². The molecule has 0 aliphatic rings. The number of rotatable bonds is 11. The van der Waals surface area contributed by atoms with Crippen molar-refractivity contribution >= 4 is 52.0 Å². The van der Waals surface area contributed by atoms with Crippen LogP contribution in [0.5, 0.6) is 0 Å². The van der Waals surface area contributed by atoms with E-state index in [1.54, 1.807) is 42.5 Å². The van der Waals surface area contributed by atoms with Crippen molar-refractivity contribution in [3.05, 3.63) is 63.6 Å². The van der Waals surface area contributed by atoms with Gasteiger partial charge in [0.05, 0.1) is 10.0 Å². The molecule has 1 atom stereocenters. The molecule has 0 spiro atoms. The quantitative estimate of drug-likeness (QED) is 0.376. The van der Waals surface area contributed by atoms with Gasteiger partial charge in [-0.2, -0.15) is 0 Å². The molecular weight excluding hydrogens is 461 g/mol. The van der Waals surface area contributed by atoms with Crippen molar-refractivity contribution in [2.75, 3.05) is 23.9 Å². The smallest absolute Gasteiger partial charge is 0.251 e. The Morgan fingerprint density at radius 1 is 1.03 bits per heavy atom. The first kappa shape index (κ1) is 25.1. The highest BCUT2D eigenvalue weighted by Gasteiger charge is 2.12. The average Bonchev–Trinajstić information content (AvgIpc) is 2.73. The number of halogens is 2. The summed E-state index contributed by atoms with van der Waals surface area (Å²) in [6, 6.07) is 11.5. The second kappa shape index (κ2) is 12.7. The van der Waals surface area contributed by atoms with Crippen molar-refractivity contribution in [3.8, 4) is 0 Å². The molecule has 0 saturated heterocycles. The fraction of sp³-hybridized carbons (Fsp3) is 0.333. The maximum absolute atomic E-state index is 12.2. The van der Waals surface area contributed by atoms with Crippen LogP contribution in [0.1, 0.15) is 35.7 Å². The van der Waals surface area contributed by atoms with Crippen molar-refractivity contribution in [1.29, 1.82) is 0 Å². The predicted octanol–water partition coefficient (Wildman–Crippen LogP) is 3.48. The largest absolute Gasteiger partial charge is 0.755 e. The predicted molar refractivity (Wildman–Crippen MR) is 123 cm³/mol. The number of benzene rings is 2. The lowest BCUT2D eigenvalue weighted by Gasteiger charge is -2.26. The average molecular weight is 485 g/mol. The molecule has 0 aliphatic heterocycles. The number of hydrogen-bond donors (Lipinski definition) is 2. The van der Waals surface area contributed by atoms with Gasteiger partial charge >= 0.3 is 0 Å². The lowest BCUT2D eigenvalue weighted by atomic mass is 10.1. The third-order valence-corrected chi connectivity index (χ3v) is 6.09. The molecule has 2 N–H and O–H groups in total. The van der Waals surface area contributed by atoms with Crippen LogP contribution in [0.25, 0.3) is 0 Å². The fourth-order valence-electron chi connectivity index (χ4n) is 2.85. The zero-order valence-electron chi connectivity index (χ0n) is 17.0. The number of unbranched alkanes of at least 4 members (excludes halogenated alkanes) is 1. The number of hydrogen-bond acceptors (Lipinski definition) is 4. The van der Waals surface area contributed by atoms with Gasteiger partial charge in [-0.3, -0.25) is 13.8 Å². The molecular formula is C21H24Cl2N3O4S-. The van der Waals surface area contributed by atoms with Crippen molar-refractivity contribution in [1.82, 2.24) is 10.6 Å². The van der Waals surface area contributed by atoms with Gasteiger partial charge in [0.25, 0.3) is 5.91 Å². The summed E-state index contributed by atoms with van der Waals surface area (Å²) in [6.45, 7) is 2.69. The Labute approximate surface area is 194 Å². The molecule has 0 radical (unpaired) electrons. The van der Waals surface area contributed by atoms with E-state index >= 15 is 0 Å². The van der Waals surface area contributed by atoms with Crippen LogP contribution in [0.3, 0.4) is 0 Å². The molecule has 0 aliphatic carbocycles. The normalized spacial score (nSPS) is 11.6. The highest BCUT2D eigenvalue weighted by atomic mass is 35.5. The molecule has 2 amide bonds. The Bertz CT molecular complexity index is 925. The van der Waals surface area contributed by atoms with E-state index in [1.165, 1.54) is 11.2 Å². The van der Waals surface area contributed by atoms with Crippen molar-refractivity contribution in [2.45, 2.75) is 26.2 Å². The van der Waals surface area contributed by atoms with E-state index < -0.39 is 11.3 Å². The topological polar surface area (TPSA) is 102 Å². The highest BCUT2D eigenvalue weighted by Crippen LogP contribution is 2.26. The summed E-state index contributed by atoms with van der Waals surface area (Å²) in [5.74, 6) is -0.320. The minimum atomic E-state index is -2.49. The second-order valence-electron chi connectivity index (χ2n) is 6.78. The summed E-state index contributed by atoms with van der Waals surface area (Å²) >= 11 is 9.69. The Balaban J connectivity index is 1.91. The van der Waals surface area contributed by atoms with Gasteiger partial charge < -0.3 is 19.5 Å². The number of carbonyl (C=O) groups excluding carboxylic acids is 2. The SMILES string of the molecule is CC(=O)NCCCCNC(=O)c1ccc(N(CCc2cccc(Cl)c2Cl)S(=O)[O-])cc1. The summed E-state index contributed by atoms with van der Waals surface area (Å²) in [5.41, 5.74) is 1.62. The number of amides is 2. The first-order chi connectivity index (χ1) is 14.8.